The van der Waals surface area contributed by atoms with Gasteiger partial charge in [-0.25, -0.2) is 0 Å². The number of likely N-dealkylation sites (N-methyl/N-ethyl adjacent to an activating group) is 1. The number of carbonyl (C=O) groups excluding carboxylic acids is 1. The first-order chi connectivity index (χ1) is 12.3. The molecule has 0 radical (unpaired) electrons. The largest absolute Gasteiger partial charge is 0.390 e. The maximum Gasteiger partial charge on any atom is 0.246 e. The SMILES string of the molecule is CCN(CC)C(=O)/C=C/[C@H]1O[C@H](O[Si](C)(C)C(C)(C)C)[C@H]2OC(C)(C)O[C@H]21. The minimum Gasteiger partial charge on any atom is -0.390 e. The third-order valence-electron chi connectivity index (χ3n) is 5.77. The van der Waals surface area contributed by atoms with E-state index in [0.29, 0.717) is 13.1 Å². The van der Waals surface area contributed by atoms with Gasteiger partial charge in [-0.05, 0) is 51.9 Å². The van der Waals surface area contributed by atoms with Gasteiger partial charge < -0.3 is 23.5 Å². The zero-order valence-corrected chi connectivity index (χ0v) is 19.4. The molecule has 156 valence electrons. The van der Waals surface area contributed by atoms with E-state index in [4.69, 9.17) is 18.6 Å². The number of nitrogens with zero attached hydrogens (tertiary/aromatic N) is 1. The minimum atomic E-state index is -2.04. The molecule has 2 aliphatic rings. The van der Waals surface area contributed by atoms with Crippen LogP contribution in [0.1, 0.15) is 48.5 Å². The molecule has 2 saturated heterocycles. The van der Waals surface area contributed by atoms with Crippen molar-refractivity contribution in [3.05, 3.63) is 12.2 Å². The second-order valence-electron chi connectivity index (χ2n) is 9.28. The molecule has 2 rings (SSSR count). The molecule has 2 fully saturated rings. The number of fused-ring (bicyclic) bond motifs is 1. The van der Waals surface area contributed by atoms with Crippen molar-refractivity contribution in [2.75, 3.05) is 13.1 Å². The number of ether oxygens (including phenoxy) is 3. The number of hydrogen-bond acceptors (Lipinski definition) is 5. The van der Waals surface area contributed by atoms with Crippen LogP contribution in [0.4, 0.5) is 0 Å². The fraction of sp³-hybridized carbons (Fsp3) is 0.850. The second-order valence-corrected chi connectivity index (χ2v) is 14.0. The van der Waals surface area contributed by atoms with Gasteiger partial charge in [-0.15, -0.1) is 0 Å². The molecular weight excluding hydrogens is 362 g/mol. The van der Waals surface area contributed by atoms with Crippen LogP contribution in [-0.4, -0.2) is 62.6 Å². The van der Waals surface area contributed by atoms with Crippen molar-refractivity contribution in [1.82, 2.24) is 4.90 Å². The van der Waals surface area contributed by atoms with E-state index < -0.39 is 20.4 Å². The lowest BCUT2D eigenvalue weighted by Gasteiger charge is -2.39. The maximum absolute atomic E-state index is 12.3. The summed E-state index contributed by atoms with van der Waals surface area (Å²) in [6, 6.07) is 0. The lowest BCUT2D eigenvalue weighted by Crippen LogP contribution is -2.47. The molecule has 7 heteroatoms. The summed E-state index contributed by atoms with van der Waals surface area (Å²) in [5.41, 5.74) is 0. The molecule has 0 bridgehead atoms. The summed E-state index contributed by atoms with van der Waals surface area (Å²) >= 11 is 0. The Hall–Kier alpha value is -0.733. The Kier molecular flexibility index (Phi) is 6.64. The van der Waals surface area contributed by atoms with Crippen molar-refractivity contribution < 1.29 is 23.4 Å². The molecule has 0 N–H and O–H groups in total. The zero-order chi connectivity index (χ0) is 20.6. The summed E-state index contributed by atoms with van der Waals surface area (Å²) in [4.78, 5) is 14.1. The van der Waals surface area contributed by atoms with E-state index in [-0.39, 0.29) is 29.3 Å². The highest BCUT2D eigenvalue weighted by molar-refractivity contribution is 6.74. The maximum atomic E-state index is 12.3. The standard InChI is InChI=1S/C20H37NO5Si/c1-10-21(11-2)15(22)13-12-14-16-17(25-20(6,7)24-16)18(23-14)26-27(8,9)19(3,4)5/h12-14,16-18H,10-11H2,1-9H3/b13-12+/t14-,16+,17+,18-/m1/s1. The van der Waals surface area contributed by atoms with Crippen LogP contribution in [-0.2, 0) is 23.4 Å². The number of hydrogen-bond donors (Lipinski definition) is 0. The summed E-state index contributed by atoms with van der Waals surface area (Å²) in [6.45, 7) is 20.1. The zero-order valence-electron chi connectivity index (χ0n) is 18.4. The third kappa shape index (κ3) is 5.01. The molecule has 2 aliphatic heterocycles. The van der Waals surface area contributed by atoms with Gasteiger partial charge in [0.15, 0.2) is 20.4 Å². The molecule has 0 aromatic rings. The average Bonchev–Trinajstić information content (AvgIpc) is 2.99. The van der Waals surface area contributed by atoms with E-state index in [1.165, 1.54) is 0 Å². The van der Waals surface area contributed by atoms with Crippen LogP contribution in [0.25, 0.3) is 0 Å². The predicted octanol–water partition coefficient (Wildman–Crippen LogP) is 3.68. The Balaban J connectivity index is 2.17. The van der Waals surface area contributed by atoms with Crippen LogP contribution in [0.2, 0.25) is 18.1 Å². The van der Waals surface area contributed by atoms with Crippen LogP contribution < -0.4 is 0 Å². The molecule has 1 amide bonds. The second kappa shape index (κ2) is 7.95. The van der Waals surface area contributed by atoms with Gasteiger partial charge in [-0.2, -0.15) is 0 Å². The topological polar surface area (TPSA) is 57.2 Å². The van der Waals surface area contributed by atoms with E-state index in [0.717, 1.165) is 0 Å². The van der Waals surface area contributed by atoms with Gasteiger partial charge in [0.2, 0.25) is 5.91 Å². The molecule has 0 spiro atoms. The van der Waals surface area contributed by atoms with Gasteiger partial charge >= 0.3 is 0 Å². The molecule has 27 heavy (non-hydrogen) atoms. The smallest absolute Gasteiger partial charge is 0.246 e. The van der Waals surface area contributed by atoms with E-state index >= 15 is 0 Å². The van der Waals surface area contributed by atoms with Gasteiger partial charge in [0.25, 0.3) is 0 Å². The monoisotopic (exact) mass is 399 g/mol. The molecule has 6 nitrogen and oxygen atoms in total. The third-order valence-corrected chi connectivity index (χ3v) is 10.2. The van der Waals surface area contributed by atoms with E-state index in [1.807, 2.05) is 27.7 Å². The van der Waals surface area contributed by atoms with E-state index in [9.17, 15) is 4.79 Å². The van der Waals surface area contributed by atoms with Gasteiger partial charge in [0.05, 0.1) is 0 Å². The summed E-state index contributed by atoms with van der Waals surface area (Å²) in [7, 11) is -2.04. The molecule has 0 saturated carbocycles. The normalized spacial score (nSPS) is 30.7. The Morgan fingerprint density at radius 2 is 1.70 bits per heavy atom. The molecule has 0 aliphatic carbocycles. The number of rotatable bonds is 6. The van der Waals surface area contributed by atoms with Crippen molar-refractivity contribution in [1.29, 1.82) is 0 Å². The molecule has 4 atom stereocenters. The predicted molar refractivity (Wildman–Crippen MR) is 108 cm³/mol. The Labute approximate surface area is 165 Å². The molecular formula is C20H37NO5Si. The van der Waals surface area contributed by atoms with Crippen molar-refractivity contribution in [2.45, 2.75) is 97.0 Å². The molecule has 2 heterocycles. The average molecular weight is 400 g/mol. The number of carbonyl (C=O) groups is 1. The fourth-order valence-corrected chi connectivity index (χ4v) is 4.25. The van der Waals surface area contributed by atoms with Crippen LogP contribution in [0.5, 0.6) is 0 Å². The first-order valence-electron chi connectivity index (χ1n) is 9.97. The summed E-state index contributed by atoms with van der Waals surface area (Å²) < 4.78 is 24.8. The van der Waals surface area contributed by atoms with Gasteiger partial charge in [0, 0.05) is 19.2 Å². The Morgan fingerprint density at radius 3 is 2.22 bits per heavy atom. The lowest BCUT2D eigenvalue weighted by atomic mass is 10.1. The summed E-state index contributed by atoms with van der Waals surface area (Å²) in [5, 5.41) is 0.0630. The molecule has 0 unspecified atom stereocenters. The van der Waals surface area contributed by atoms with Crippen molar-refractivity contribution >= 4 is 14.2 Å². The van der Waals surface area contributed by atoms with Gasteiger partial charge in [-0.3, -0.25) is 4.79 Å². The summed E-state index contributed by atoms with van der Waals surface area (Å²) in [5.74, 6) is -0.713. The van der Waals surface area contributed by atoms with Crippen molar-refractivity contribution in [3.63, 3.8) is 0 Å². The van der Waals surface area contributed by atoms with E-state index in [2.05, 4.69) is 33.9 Å². The fourth-order valence-electron chi connectivity index (χ4n) is 3.13. The highest BCUT2D eigenvalue weighted by Gasteiger charge is 2.57. The first kappa shape index (κ1) is 22.6. The van der Waals surface area contributed by atoms with Gasteiger partial charge in [-0.1, -0.05) is 20.8 Å². The molecule has 0 aromatic heterocycles. The first-order valence-corrected chi connectivity index (χ1v) is 12.9. The Morgan fingerprint density at radius 1 is 1.15 bits per heavy atom. The van der Waals surface area contributed by atoms with Crippen molar-refractivity contribution in [2.24, 2.45) is 0 Å². The Bertz CT molecular complexity index is 565. The quantitative estimate of drug-likeness (QED) is 0.504. The van der Waals surface area contributed by atoms with Gasteiger partial charge in [0.1, 0.15) is 18.3 Å². The van der Waals surface area contributed by atoms with E-state index in [1.54, 1.807) is 17.1 Å². The van der Waals surface area contributed by atoms with Crippen LogP contribution in [0.3, 0.4) is 0 Å². The van der Waals surface area contributed by atoms with Crippen LogP contribution in [0, 0.1) is 0 Å². The number of amides is 1. The molecule has 0 aromatic carbocycles. The lowest BCUT2D eigenvalue weighted by molar-refractivity contribution is -0.210. The highest BCUT2D eigenvalue weighted by atomic mass is 28.4. The van der Waals surface area contributed by atoms with Crippen LogP contribution in [0.15, 0.2) is 12.2 Å². The van der Waals surface area contributed by atoms with Crippen molar-refractivity contribution in [3.8, 4) is 0 Å². The van der Waals surface area contributed by atoms with Crippen LogP contribution >= 0.6 is 0 Å². The minimum absolute atomic E-state index is 0.0212. The highest BCUT2D eigenvalue weighted by Crippen LogP contribution is 2.44. The summed E-state index contributed by atoms with van der Waals surface area (Å²) in [6.07, 6.45) is 1.93.